The summed E-state index contributed by atoms with van der Waals surface area (Å²) in [5, 5.41) is 0.538. The lowest BCUT2D eigenvalue weighted by atomic mass is 10.2. The van der Waals surface area contributed by atoms with E-state index in [1.165, 1.54) is 6.07 Å². The van der Waals surface area contributed by atoms with Crippen LogP contribution in [-0.4, -0.2) is 11.1 Å². The molecule has 0 aliphatic carbocycles. The number of alkyl halides is 1. The molecule has 0 spiro atoms. The molecule has 1 atom stereocenters. The summed E-state index contributed by atoms with van der Waals surface area (Å²) in [6.45, 7) is 2.15. The van der Waals surface area contributed by atoms with Gasteiger partial charge in [-0.15, -0.1) is 11.6 Å². The van der Waals surface area contributed by atoms with E-state index in [4.69, 9.17) is 11.6 Å². The minimum Gasteiger partial charge on any atom is -0.207 e. The van der Waals surface area contributed by atoms with Crippen LogP contribution in [0.25, 0.3) is 0 Å². The second-order valence-corrected chi connectivity index (χ2v) is 5.03. The Bertz CT molecular complexity index is 278. The molecule has 0 aliphatic rings. The van der Waals surface area contributed by atoms with Crippen LogP contribution in [0.3, 0.4) is 0 Å². The Labute approximate surface area is 93.8 Å². The van der Waals surface area contributed by atoms with E-state index in [1.54, 1.807) is 12.1 Å². The molecule has 0 nitrogen and oxygen atoms in total. The monoisotopic (exact) mass is 232 g/mol. The number of hydrogen-bond donors (Lipinski definition) is 0. The maximum absolute atomic E-state index is 12.8. The normalized spacial score (nSPS) is 12.8. The van der Waals surface area contributed by atoms with Crippen molar-refractivity contribution < 1.29 is 4.39 Å². The summed E-state index contributed by atoms with van der Waals surface area (Å²) in [7, 11) is 0. The Morgan fingerprint density at radius 3 is 2.93 bits per heavy atom. The van der Waals surface area contributed by atoms with Crippen LogP contribution in [0.4, 0.5) is 4.39 Å². The zero-order valence-electron chi connectivity index (χ0n) is 8.17. The standard InChI is InChI=1S/C11H14ClFS/c1-9(5-6-12)14-8-10-3-2-4-11(13)7-10/h2-4,7,9H,5-6,8H2,1H3. The Kier molecular flexibility index (Phi) is 5.34. The van der Waals surface area contributed by atoms with Crippen LogP contribution in [0.2, 0.25) is 0 Å². The van der Waals surface area contributed by atoms with Crippen molar-refractivity contribution in [1.82, 2.24) is 0 Å². The maximum atomic E-state index is 12.8. The third-order valence-electron chi connectivity index (χ3n) is 1.94. The number of thioether (sulfide) groups is 1. The molecule has 0 aromatic heterocycles. The smallest absolute Gasteiger partial charge is 0.123 e. The number of halogens is 2. The number of hydrogen-bond acceptors (Lipinski definition) is 1. The van der Waals surface area contributed by atoms with Crippen molar-refractivity contribution in [3.63, 3.8) is 0 Å². The van der Waals surface area contributed by atoms with Gasteiger partial charge in [-0.3, -0.25) is 0 Å². The molecular formula is C11H14ClFS. The first-order valence-electron chi connectivity index (χ1n) is 4.64. The second kappa shape index (κ2) is 6.31. The Morgan fingerprint density at radius 1 is 1.50 bits per heavy atom. The summed E-state index contributed by atoms with van der Waals surface area (Å²) < 4.78 is 12.8. The second-order valence-electron chi connectivity index (χ2n) is 3.23. The summed E-state index contributed by atoms with van der Waals surface area (Å²) in [5.74, 6) is 1.39. The molecule has 1 aromatic rings. The molecule has 0 amide bonds. The first-order chi connectivity index (χ1) is 6.72. The highest BCUT2D eigenvalue weighted by Gasteiger charge is 2.02. The van der Waals surface area contributed by atoms with E-state index in [-0.39, 0.29) is 5.82 Å². The largest absolute Gasteiger partial charge is 0.207 e. The lowest BCUT2D eigenvalue weighted by Crippen LogP contribution is -1.97. The summed E-state index contributed by atoms with van der Waals surface area (Å²) >= 11 is 7.44. The highest BCUT2D eigenvalue weighted by molar-refractivity contribution is 7.99. The van der Waals surface area contributed by atoms with Gasteiger partial charge in [-0.05, 0) is 24.1 Å². The van der Waals surface area contributed by atoms with Gasteiger partial charge in [-0.1, -0.05) is 19.1 Å². The molecule has 0 fully saturated rings. The Hall–Kier alpha value is -0.210. The summed E-state index contributed by atoms with van der Waals surface area (Å²) in [5.41, 5.74) is 1.04. The van der Waals surface area contributed by atoms with Crippen molar-refractivity contribution in [2.45, 2.75) is 24.3 Å². The molecule has 1 rings (SSSR count). The molecule has 0 aliphatic heterocycles. The minimum atomic E-state index is -0.159. The molecule has 0 bridgehead atoms. The van der Waals surface area contributed by atoms with Crippen LogP contribution in [0.5, 0.6) is 0 Å². The lowest BCUT2D eigenvalue weighted by molar-refractivity contribution is 0.626. The molecular weight excluding hydrogens is 219 g/mol. The molecule has 1 aromatic carbocycles. The number of benzene rings is 1. The van der Waals surface area contributed by atoms with Gasteiger partial charge in [0.1, 0.15) is 5.82 Å². The predicted octanol–water partition coefficient (Wildman–Crippen LogP) is 4.08. The summed E-state index contributed by atoms with van der Waals surface area (Å²) in [6, 6.07) is 6.75. The van der Waals surface area contributed by atoms with Gasteiger partial charge in [0.05, 0.1) is 0 Å². The average Bonchev–Trinajstić information content (AvgIpc) is 2.15. The SMILES string of the molecule is CC(CCCl)SCc1cccc(F)c1. The van der Waals surface area contributed by atoms with Gasteiger partial charge in [-0.2, -0.15) is 11.8 Å². The Balaban J connectivity index is 2.37. The predicted molar refractivity (Wildman–Crippen MR) is 62.5 cm³/mol. The van der Waals surface area contributed by atoms with Gasteiger partial charge in [0.25, 0.3) is 0 Å². The van der Waals surface area contributed by atoms with E-state index < -0.39 is 0 Å². The first-order valence-corrected chi connectivity index (χ1v) is 6.22. The zero-order valence-corrected chi connectivity index (χ0v) is 9.74. The van der Waals surface area contributed by atoms with Crippen LogP contribution >= 0.6 is 23.4 Å². The number of rotatable bonds is 5. The molecule has 14 heavy (non-hydrogen) atoms. The maximum Gasteiger partial charge on any atom is 0.123 e. The molecule has 0 saturated heterocycles. The van der Waals surface area contributed by atoms with E-state index in [0.29, 0.717) is 11.1 Å². The van der Waals surface area contributed by atoms with Gasteiger partial charge in [0.15, 0.2) is 0 Å². The summed E-state index contributed by atoms with van der Waals surface area (Å²) in [6.07, 6.45) is 1.00. The van der Waals surface area contributed by atoms with Crippen LogP contribution in [-0.2, 0) is 5.75 Å². The first kappa shape index (κ1) is 11.9. The lowest BCUT2D eigenvalue weighted by Gasteiger charge is -2.08. The van der Waals surface area contributed by atoms with Crippen LogP contribution in [0, 0.1) is 5.82 Å². The fourth-order valence-corrected chi connectivity index (χ4v) is 2.50. The zero-order chi connectivity index (χ0) is 10.4. The molecule has 3 heteroatoms. The summed E-state index contributed by atoms with van der Waals surface area (Å²) in [4.78, 5) is 0. The van der Waals surface area contributed by atoms with E-state index in [1.807, 2.05) is 17.8 Å². The fraction of sp³-hybridized carbons (Fsp3) is 0.455. The van der Waals surface area contributed by atoms with E-state index in [9.17, 15) is 4.39 Å². The van der Waals surface area contributed by atoms with Crippen LogP contribution in [0.1, 0.15) is 18.9 Å². The van der Waals surface area contributed by atoms with Crippen molar-refractivity contribution in [3.05, 3.63) is 35.6 Å². The van der Waals surface area contributed by atoms with E-state index in [2.05, 4.69) is 6.92 Å². The highest BCUT2D eigenvalue weighted by Crippen LogP contribution is 2.20. The van der Waals surface area contributed by atoms with E-state index >= 15 is 0 Å². The Morgan fingerprint density at radius 2 is 2.29 bits per heavy atom. The third-order valence-corrected chi connectivity index (χ3v) is 3.46. The quantitative estimate of drug-likeness (QED) is 0.690. The van der Waals surface area contributed by atoms with Crippen molar-refractivity contribution in [1.29, 1.82) is 0 Å². The highest BCUT2D eigenvalue weighted by atomic mass is 35.5. The average molecular weight is 233 g/mol. The van der Waals surface area contributed by atoms with Crippen molar-refractivity contribution in [3.8, 4) is 0 Å². The van der Waals surface area contributed by atoms with Gasteiger partial charge in [0, 0.05) is 16.9 Å². The van der Waals surface area contributed by atoms with Gasteiger partial charge < -0.3 is 0 Å². The van der Waals surface area contributed by atoms with Crippen LogP contribution < -0.4 is 0 Å². The molecule has 0 N–H and O–H groups in total. The minimum absolute atomic E-state index is 0.159. The molecule has 0 saturated carbocycles. The van der Waals surface area contributed by atoms with Crippen molar-refractivity contribution in [2.75, 3.05) is 5.88 Å². The molecule has 0 radical (unpaired) electrons. The molecule has 0 heterocycles. The molecule has 78 valence electrons. The van der Waals surface area contributed by atoms with E-state index in [0.717, 1.165) is 17.7 Å². The van der Waals surface area contributed by atoms with Gasteiger partial charge >= 0.3 is 0 Å². The van der Waals surface area contributed by atoms with Crippen LogP contribution in [0.15, 0.2) is 24.3 Å². The fourth-order valence-electron chi connectivity index (χ4n) is 1.10. The third kappa shape index (κ3) is 4.34. The molecule has 1 unspecified atom stereocenters. The van der Waals surface area contributed by atoms with Gasteiger partial charge in [0.2, 0.25) is 0 Å². The topological polar surface area (TPSA) is 0 Å². The van der Waals surface area contributed by atoms with Gasteiger partial charge in [-0.25, -0.2) is 4.39 Å². The van der Waals surface area contributed by atoms with Crippen molar-refractivity contribution >= 4 is 23.4 Å². The van der Waals surface area contributed by atoms with Crippen molar-refractivity contribution in [2.24, 2.45) is 0 Å².